The van der Waals surface area contributed by atoms with Gasteiger partial charge in [-0.05, 0) is 54.4 Å². The topological polar surface area (TPSA) is 46.0 Å². The highest BCUT2D eigenvalue weighted by molar-refractivity contribution is 7.97. The fourth-order valence-electron chi connectivity index (χ4n) is 4.73. The van der Waals surface area contributed by atoms with Crippen molar-refractivity contribution in [3.05, 3.63) is 60.2 Å². The van der Waals surface area contributed by atoms with E-state index >= 15 is 0 Å². The number of likely N-dealkylation sites (N-methyl/N-ethyl adjacent to an activating group) is 1. The smallest absolute Gasteiger partial charge is 0.151 e. The Labute approximate surface area is 205 Å². The predicted octanol–water partition coefficient (Wildman–Crippen LogP) is 3.52. The van der Waals surface area contributed by atoms with Crippen molar-refractivity contribution in [2.24, 2.45) is 0 Å². The predicted molar refractivity (Wildman–Crippen MR) is 134 cm³/mol. The van der Waals surface area contributed by atoms with Crippen LogP contribution in [0.4, 0.5) is 0 Å². The lowest BCUT2D eigenvalue weighted by atomic mass is 10.0. The molecule has 178 valence electrons. The van der Waals surface area contributed by atoms with Gasteiger partial charge in [0.2, 0.25) is 0 Å². The first kappa shape index (κ1) is 22.1. The van der Waals surface area contributed by atoms with Crippen LogP contribution in [-0.4, -0.2) is 83.2 Å². The van der Waals surface area contributed by atoms with Crippen molar-refractivity contribution < 1.29 is 9.47 Å². The number of rotatable bonds is 5. The molecule has 0 bridgehead atoms. The van der Waals surface area contributed by atoms with Gasteiger partial charge < -0.3 is 14.4 Å². The molecule has 3 aliphatic heterocycles. The van der Waals surface area contributed by atoms with Crippen LogP contribution in [0.3, 0.4) is 0 Å². The maximum absolute atomic E-state index is 6.12. The maximum Gasteiger partial charge on any atom is 0.151 e. The summed E-state index contributed by atoms with van der Waals surface area (Å²) in [6.45, 7) is 9.37. The molecule has 0 saturated carbocycles. The first-order chi connectivity index (χ1) is 16.7. The summed E-state index contributed by atoms with van der Waals surface area (Å²) >= 11 is 1.86. The minimum absolute atomic E-state index is 0.500. The SMILES string of the molecule is CN1CCN(Sc2ccc(-c3ccc4c(c3)OCc3nc(CN5CCOCC5)cn3-4)cc2)CC1. The first-order valence-electron chi connectivity index (χ1n) is 12.1. The van der Waals surface area contributed by atoms with E-state index in [1.54, 1.807) is 0 Å². The first-order valence-corrected chi connectivity index (χ1v) is 12.8. The molecule has 0 amide bonds. The second-order valence-corrected chi connectivity index (χ2v) is 10.4. The third-order valence-electron chi connectivity index (χ3n) is 6.78. The summed E-state index contributed by atoms with van der Waals surface area (Å²) in [5.41, 5.74) is 4.53. The summed E-state index contributed by atoms with van der Waals surface area (Å²) in [4.78, 5) is 10.9. The molecule has 4 heterocycles. The highest BCUT2D eigenvalue weighted by Gasteiger charge is 2.21. The van der Waals surface area contributed by atoms with Gasteiger partial charge in [0.1, 0.15) is 12.4 Å². The monoisotopic (exact) mass is 477 g/mol. The van der Waals surface area contributed by atoms with Gasteiger partial charge in [-0.2, -0.15) is 0 Å². The number of nitrogens with zero attached hydrogens (tertiary/aromatic N) is 5. The average Bonchev–Trinajstić information content (AvgIpc) is 3.29. The number of aromatic nitrogens is 2. The van der Waals surface area contributed by atoms with Gasteiger partial charge in [-0.1, -0.05) is 18.2 Å². The Morgan fingerprint density at radius 3 is 2.47 bits per heavy atom. The lowest BCUT2D eigenvalue weighted by Gasteiger charge is -2.31. The molecule has 0 radical (unpaired) electrons. The highest BCUT2D eigenvalue weighted by Crippen LogP contribution is 2.35. The lowest BCUT2D eigenvalue weighted by molar-refractivity contribution is 0.0337. The van der Waals surface area contributed by atoms with Crippen LogP contribution >= 0.6 is 11.9 Å². The number of hydrogen-bond donors (Lipinski definition) is 0. The van der Waals surface area contributed by atoms with Gasteiger partial charge in [-0.3, -0.25) is 9.47 Å². The molecule has 1 aromatic heterocycles. The summed E-state index contributed by atoms with van der Waals surface area (Å²) in [6.07, 6.45) is 2.16. The summed E-state index contributed by atoms with van der Waals surface area (Å²) in [5, 5.41) is 0. The van der Waals surface area contributed by atoms with E-state index in [2.05, 4.69) is 74.4 Å². The molecular formula is C26H31N5O2S. The Bertz CT molecular complexity index is 1130. The highest BCUT2D eigenvalue weighted by atomic mass is 32.2. The van der Waals surface area contributed by atoms with Gasteiger partial charge in [0.05, 0.1) is 24.6 Å². The van der Waals surface area contributed by atoms with Crippen molar-refractivity contribution in [2.45, 2.75) is 18.0 Å². The van der Waals surface area contributed by atoms with E-state index < -0.39 is 0 Å². The molecule has 0 N–H and O–H groups in total. The number of imidazole rings is 1. The van der Waals surface area contributed by atoms with E-state index in [4.69, 9.17) is 14.5 Å². The number of morpholine rings is 1. The van der Waals surface area contributed by atoms with Crippen LogP contribution in [-0.2, 0) is 17.9 Å². The van der Waals surface area contributed by atoms with Gasteiger partial charge in [0.15, 0.2) is 5.82 Å². The van der Waals surface area contributed by atoms with E-state index in [-0.39, 0.29) is 0 Å². The van der Waals surface area contributed by atoms with E-state index in [1.165, 1.54) is 16.0 Å². The maximum atomic E-state index is 6.12. The number of benzene rings is 2. The van der Waals surface area contributed by atoms with Crippen molar-refractivity contribution in [1.82, 2.24) is 23.7 Å². The lowest BCUT2D eigenvalue weighted by Crippen LogP contribution is -2.40. The number of ether oxygens (including phenoxy) is 2. The van der Waals surface area contributed by atoms with E-state index in [1.807, 2.05) is 11.9 Å². The normalized spacial score (nSPS) is 19.4. The Morgan fingerprint density at radius 1 is 0.912 bits per heavy atom. The zero-order valence-electron chi connectivity index (χ0n) is 19.7. The van der Waals surface area contributed by atoms with Gasteiger partial charge >= 0.3 is 0 Å². The van der Waals surface area contributed by atoms with Crippen LogP contribution in [0.2, 0.25) is 0 Å². The molecule has 0 atom stereocenters. The number of fused-ring (bicyclic) bond motifs is 3. The Balaban J connectivity index is 1.16. The van der Waals surface area contributed by atoms with Gasteiger partial charge in [-0.15, -0.1) is 0 Å². The molecule has 0 aliphatic carbocycles. The van der Waals surface area contributed by atoms with Crippen molar-refractivity contribution in [2.75, 3.05) is 59.5 Å². The van der Waals surface area contributed by atoms with Crippen molar-refractivity contribution >= 4 is 11.9 Å². The summed E-state index contributed by atoms with van der Waals surface area (Å²) in [7, 11) is 2.19. The van der Waals surface area contributed by atoms with Crippen LogP contribution in [0.15, 0.2) is 53.6 Å². The van der Waals surface area contributed by atoms with E-state index in [9.17, 15) is 0 Å². The second kappa shape index (κ2) is 9.71. The third kappa shape index (κ3) is 4.74. The van der Waals surface area contributed by atoms with Crippen LogP contribution in [0.25, 0.3) is 16.8 Å². The molecule has 0 spiro atoms. The van der Waals surface area contributed by atoms with Crippen molar-refractivity contribution in [1.29, 1.82) is 0 Å². The minimum Gasteiger partial charge on any atom is -0.483 e. The van der Waals surface area contributed by atoms with Crippen molar-refractivity contribution in [3.8, 4) is 22.6 Å². The Morgan fingerprint density at radius 2 is 1.68 bits per heavy atom. The molecule has 34 heavy (non-hydrogen) atoms. The van der Waals surface area contributed by atoms with Crippen LogP contribution in [0.5, 0.6) is 5.75 Å². The zero-order chi connectivity index (χ0) is 22.9. The second-order valence-electron chi connectivity index (χ2n) is 9.23. The van der Waals surface area contributed by atoms with Gasteiger partial charge in [0.25, 0.3) is 0 Å². The Kier molecular flexibility index (Phi) is 6.32. The standard InChI is InChI=1S/C26H31N5O2S/c1-28-8-10-30(11-9-28)34-23-5-2-20(3-6-23)21-4-7-24-25(16-21)33-19-26-27-22(18-31(24)26)17-29-12-14-32-15-13-29/h2-7,16,18H,8-15,17,19H2,1H3. The number of piperazine rings is 1. The van der Waals surface area contributed by atoms with Crippen LogP contribution in [0, 0.1) is 0 Å². The molecule has 2 aromatic carbocycles. The summed E-state index contributed by atoms with van der Waals surface area (Å²) < 4.78 is 16.2. The van der Waals surface area contributed by atoms with Crippen LogP contribution < -0.4 is 4.74 Å². The average molecular weight is 478 g/mol. The molecular weight excluding hydrogens is 446 g/mol. The molecule has 2 fully saturated rings. The molecule has 0 unspecified atom stereocenters. The van der Waals surface area contributed by atoms with Crippen molar-refractivity contribution in [3.63, 3.8) is 0 Å². The fourth-order valence-corrected chi connectivity index (χ4v) is 5.64. The molecule has 3 aromatic rings. The third-order valence-corrected chi connectivity index (χ3v) is 7.89. The number of hydrogen-bond acceptors (Lipinski definition) is 7. The Hall–Kier alpha value is -2.36. The van der Waals surface area contributed by atoms with Crippen LogP contribution in [0.1, 0.15) is 11.5 Å². The van der Waals surface area contributed by atoms with Gasteiger partial charge in [-0.25, -0.2) is 9.29 Å². The minimum atomic E-state index is 0.500. The van der Waals surface area contributed by atoms with E-state index in [0.717, 1.165) is 82.0 Å². The zero-order valence-corrected chi connectivity index (χ0v) is 20.5. The van der Waals surface area contributed by atoms with E-state index in [0.29, 0.717) is 6.61 Å². The van der Waals surface area contributed by atoms with Gasteiger partial charge in [0, 0.05) is 56.9 Å². The molecule has 7 nitrogen and oxygen atoms in total. The summed E-state index contributed by atoms with van der Waals surface area (Å²) in [5.74, 6) is 1.88. The molecule has 8 heteroatoms. The summed E-state index contributed by atoms with van der Waals surface area (Å²) in [6, 6.07) is 15.4. The quantitative estimate of drug-likeness (QED) is 0.521. The molecule has 3 aliphatic rings. The fraction of sp³-hybridized carbons (Fsp3) is 0.423. The molecule has 6 rings (SSSR count). The molecule has 2 saturated heterocycles. The largest absolute Gasteiger partial charge is 0.483 e.